The second-order valence-electron chi connectivity index (χ2n) is 8.66. The van der Waals surface area contributed by atoms with Crippen molar-refractivity contribution in [1.82, 2.24) is 10.3 Å². The topological polar surface area (TPSA) is 69.3 Å². The molecule has 4 aromatic rings. The number of guanidine groups is 1. The molecule has 6 heteroatoms. The van der Waals surface area contributed by atoms with Crippen LogP contribution in [-0.2, 0) is 6.42 Å². The molecule has 5 nitrogen and oxygen atoms in total. The Bertz CT molecular complexity index is 1320. The molecule has 0 fully saturated rings. The zero-order valence-electron chi connectivity index (χ0n) is 19.7. The fourth-order valence-electron chi connectivity index (χ4n) is 3.74. The Morgan fingerprint density at radius 2 is 1.82 bits per heavy atom. The molecule has 0 aliphatic rings. The summed E-state index contributed by atoms with van der Waals surface area (Å²) in [5.41, 5.74) is 5.01. The number of rotatable bonds is 6. The van der Waals surface area contributed by atoms with Gasteiger partial charge in [-0.3, -0.25) is 15.1 Å². The molecule has 0 atom stereocenters. The summed E-state index contributed by atoms with van der Waals surface area (Å²) in [6.45, 7) is 6.41. The van der Waals surface area contributed by atoms with Crippen LogP contribution >= 0.6 is 0 Å². The number of aryl methyl sites for hydroxylation is 1. The molecule has 0 saturated carbocycles. The number of carbonyl (C=O) groups is 1. The number of hydrogen-bond donors (Lipinski definition) is 3. The normalized spacial score (nSPS) is 11.7. The number of nitrogens with one attached hydrogen (secondary N) is 3. The maximum absolute atomic E-state index is 14.0. The molecule has 0 aliphatic heterocycles. The smallest absolute Gasteiger partial charge is 0.258 e. The van der Waals surface area contributed by atoms with Gasteiger partial charge in [0, 0.05) is 34.9 Å². The lowest BCUT2D eigenvalue weighted by atomic mass is 10.0. The Balaban J connectivity index is 1.53. The summed E-state index contributed by atoms with van der Waals surface area (Å²) >= 11 is 0. The quantitative estimate of drug-likeness (QED) is 0.240. The van der Waals surface area contributed by atoms with Gasteiger partial charge in [-0.25, -0.2) is 4.39 Å². The van der Waals surface area contributed by atoms with Gasteiger partial charge < -0.3 is 10.3 Å². The van der Waals surface area contributed by atoms with Gasteiger partial charge in [0.15, 0.2) is 0 Å². The number of anilines is 1. The van der Waals surface area contributed by atoms with Crippen molar-refractivity contribution in [2.24, 2.45) is 4.99 Å². The Morgan fingerprint density at radius 3 is 2.56 bits per heavy atom. The Labute approximate surface area is 199 Å². The molecule has 0 spiro atoms. The van der Waals surface area contributed by atoms with Crippen molar-refractivity contribution in [1.29, 1.82) is 0 Å². The van der Waals surface area contributed by atoms with Crippen molar-refractivity contribution in [2.45, 2.75) is 33.1 Å². The number of hydrogen-bond acceptors (Lipinski definition) is 2. The number of aromatic amines is 1. The fraction of sp³-hybridized carbons (Fsp3) is 0.214. The standard InChI is InChI=1S/C28H29FN4O/c1-18(2)20-10-12-23(13-11-20)32-28(33-27(34)21-9-8-19(3)25(29)16-21)30-15-14-22-17-31-26-7-5-4-6-24(22)26/h4-13,16-18,31H,14-15H2,1-3H3,(H2,30,32,33,34). The van der Waals surface area contributed by atoms with Crippen LogP contribution in [0.4, 0.5) is 10.1 Å². The molecule has 1 heterocycles. The second kappa shape index (κ2) is 10.3. The van der Waals surface area contributed by atoms with Crippen molar-refractivity contribution < 1.29 is 9.18 Å². The summed E-state index contributed by atoms with van der Waals surface area (Å²) in [6, 6.07) is 20.6. The van der Waals surface area contributed by atoms with E-state index < -0.39 is 11.7 Å². The highest BCUT2D eigenvalue weighted by atomic mass is 19.1. The number of amides is 1. The predicted octanol–water partition coefficient (Wildman–Crippen LogP) is 6.18. The van der Waals surface area contributed by atoms with Gasteiger partial charge >= 0.3 is 0 Å². The lowest BCUT2D eigenvalue weighted by Crippen LogP contribution is -2.36. The molecule has 3 N–H and O–H groups in total. The van der Waals surface area contributed by atoms with Crippen molar-refractivity contribution in [3.05, 3.63) is 101 Å². The maximum Gasteiger partial charge on any atom is 0.258 e. The number of aromatic nitrogens is 1. The summed E-state index contributed by atoms with van der Waals surface area (Å²) < 4.78 is 14.0. The highest BCUT2D eigenvalue weighted by molar-refractivity contribution is 6.10. The van der Waals surface area contributed by atoms with Crippen LogP contribution in [0.5, 0.6) is 0 Å². The zero-order valence-corrected chi connectivity index (χ0v) is 19.7. The van der Waals surface area contributed by atoms with Gasteiger partial charge in [-0.15, -0.1) is 0 Å². The van der Waals surface area contributed by atoms with E-state index in [0.29, 0.717) is 30.4 Å². The molecule has 0 aliphatic carbocycles. The van der Waals surface area contributed by atoms with E-state index in [1.807, 2.05) is 48.7 Å². The number of para-hydroxylation sites is 1. The molecule has 1 aromatic heterocycles. The maximum atomic E-state index is 14.0. The first kappa shape index (κ1) is 23.2. The number of fused-ring (bicyclic) bond motifs is 1. The van der Waals surface area contributed by atoms with E-state index in [9.17, 15) is 9.18 Å². The third kappa shape index (κ3) is 5.52. The summed E-state index contributed by atoms with van der Waals surface area (Å²) in [4.78, 5) is 20.7. The van der Waals surface area contributed by atoms with Gasteiger partial charge in [-0.05, 0) is 66.3 Å². The molecule has 174 valence electrons. The zero-order chi connectivity index (χ0) is 24.1. The van der Waals surface area contributed by atoms with Crippen LogP contribution in [0, 0.1) is 12.7 Å². The number of H-pyrrole nitrogens is 1. The first-order chi connectivity index (χ1) is 16.4. The number of aliphatic imine (C=N–C) groups is 1. The predicted molar refractivity (Wildman–Crippen MR) is 137 cm³/mol. The van der Waals surface area contributed by atoms with Crippen LogP contribution < -0.4 is 10.6 Å². The molecule has 0 bridgehead atoms. The van der Waals surface area contributed by atoms with Gasteiger partial charge in [0.1, 0.15) is 5.82 Å². The first-order valence-electron chi connectivity index (χ1n) is 11.4. The summed E-state index contributed by atoms with van der Waals surface area (Å²) in [6.07, 6.45) is 2.70. The number of benzene rings is 3. The lowest BCUT2D eigenvalue weighted by molar-refractivity contribution is 0.0976. The Hall–Kier alpha value is -3.93. The van der Waals surface area contributed by atoms with E-state index in [4.69, 9.17) is 0 Å². The number of nitrogens with zero attached hydrogens (tertiary/aromatic N) is 1. The molecular weight excluding hydrogens is 427 g/mol. The first-order valence-corrected chi connectivity index (χ1v) is 11.4. The van der Waals surface area contributed by atoms with Crippen molar-refractivity contribution >= 4 is 28.5 Å². The fourth-order valence-corrected chi connectivity index (χ4v) is 3.74. The SMILES string of the molecule is Cc1ccc(C(=O)NC(=NCCc2c[nH]c3ccccc23)Nc2ccc(C(C)C)cc2)cc1F. The van der Waals surface area contributed by atoms with Gasteiger partial charge in [-0.2, -0.15) is 0 Å². The second-order valence-corrected chi connectivity index (χ2v) is 8.66. The molecule has 3 aromatic carbocycles. The van der Waals surface area contributed by atoms with Crippen molar-refractivity contribution in [3.8, 4) is 0 Å². The van der Waals surface area contributed by atoms with Crippen LogP contribution in [0.2, 0.25) is 0 Å². The van der Waals surface area contributed by atoms with Crippen LogP contribution in [-0.4, -0.2) is 23.4 Å². The molecule has 0 unspecified atom stereocenters. The summed E-state index contributed by atoms with van der Waals surface area (Å²) in [7, 11) is 0. The largest absolute Gasteiger partial charge is 0.361 e. The van der Waals surface area contributed by atoms with Crippen molar-refractivity contribution in [3.63, 3.8) is 0 Å². The molecular formula is C28H29FN4O. The highest BCUT2D eigenvalue weighted by Crippen LogP contribution is 2.19. The van der Waals surface area contributed by atoms with Crippen LogP contribution in [0.3, 0.4) is 0 Å². The molecule has 0 radical (unpaired) electrons. The van der Waals surface area contributed by atoms with E-state index in [-0.39, 0.29) is 5.56 Å². The summed E-state index contributed by atoms with van der Waals surface area (Å²) in [5.74, 6) is -0.0867. The van der Waals surface area contributed by atoms with Gasteiger partial charge in [0.25, 0.3) is 5.91 Å². The summed E-state index contributed by atoms with van der Waals surface area (Å²) in [5, 5.41) is 7.18. The number of halogens is 1. The van der Waals surface area contributed by atoms with Crippen LogP contribution in [0.15, 0.2) is 77.9 Å². The minimum atomic E-state index is -0.420. The van der Waals surface area contributed by atoms with E-state index >= 15 is 0 Å². The molecule has 4 rings (SSSR count). The third-order valence-corrected chi connectivity index (χ3v) is 5.83. The lowest BCUT2D eigenvalue weighted by Gasteiger charge is -2.13. The van der Waals surface area contributed by atoms with Crippen LogP contribution in [0.25, 0.3) is 10.9 Å². The Kier molecular flexibility index (Phi) is 7.07. The molecule has 1 amide bonds. The van der Waals surface area contributed by atoms with E-state index in [1.54, 1.807) is 19.1 Å². The van der Waals surface area contributed by atoms with Gasteiger partial charge in [-0.1, -0.05) is 50.2 Å². The van der Waals surface area contributed by atoms with Crippen LogP contribution in [0.1, 0.15) is 46.8 Å². The van der Waals surface area contributed by atoms with Gasteiger partial charge in [0.2, 0.25) is 5.96 Å². The van der Waals surface area contributed by atoms with E-state index in [0.717, 1.165) is 22.2 Å². The average molecular weight is 457 g/mol. The molecule has 0 saturated heterocycles. The molecule has 34 heavy (non-hydrogen) atoms. The third-order valence-electron chi connectivity index (χ3n) is 5.83. The minimum Gasteiger partial charge on any atom is -0.361 e. The average Bonchev–Trinajstić information content (AvgIpc) is 3.24. The number of carbonyl (C=O) groups excluding carboxylic acids is 1. The monoisotopic (exact) mass is 456 g/mol. The minimum absolute atomic E-state index is 0.240. The highest BCUT2D eigenvalue weighted by Gasteiger charge is 2.12. The van der Waals surface area contributed by atoms with Gasteiger partial charge in [0.05, 0.1) is 0 Å². The van der Waals surface area contributed by atoms with E-state index in [1.165, 1.54) is 11.6 Å². The van der Waals surface area contributed by atoms with E-state index in [2.05, 4.69) is 40.5 Å². The van der Waals surface area contributed by atoms with Crippen molar-refractivity contribution in [2.75, 3.05) is 11.9 Å². The Morgan fingerprint density at radius 1 is 1.06 bits per heavy atom.